The van der Waals surface area contributed by atoms with Gasteiger partial charge in [-0.1, -0.05) is 17.7 Å². The van der Waals surface area contributed by atoms with Crippen LogP contribution in [0.25, 0.3) is 0 Å². The van der Waals surface area contributed by atoms with Crippen molar-refractivity contribution in [1.82, 2.24) is 0 Å². The predicted molar refractivity (Wildman–Crippen MR) is 44.6 cm³/mol. The van der Waals surface area contributed by atoms with E-state index < -0.39 is 0 Å². The number of aryl methyl sites for hydroxylation is 1. The molecule has 0 atom stereocenters. The minimum absolute atomic E-state index is 0. The van der Waals surface area contributed by atoms with E-state index in [1.54, 1.807) is 0 Å². The Balaban J connectivity index is 0.000000810. The maximum atomic E-state index is 10.2. The molecule has 0 N–H and O–H groups in total. The van der Waals surface area contributed by atoms with Crippen LogP contribution in [-0.2, 0) is 15.9 Å². The fourth-order valence-electron chi connectivity index (χ4n) is 0.594. The average Bonchev–Trinajstić information content (AvgIpc) is 1.90. The van der Waals surface area contributed by atoms with Crippen molar-refractivity contribution < 1.29 is 4.21 Å². The van der Waals surface area contributed by atoms with Gasteiger partial charge in [-0.05, 0) is 6.92 Å². The van der Waals surface area contributed by atoms with Crippen molar-refractivity contribution in [1.29, 1.82) is 0 Å². The summed E-state index contributed by atoms with van der Waals surface area (Å²) in [5, 5.41) is 0. The first-order valence-electron chi connectivity index (χ1n) is 2.69. The Morgan fingerprint density at radius 3 is 2.10 bits per heavy atom. The molecule has 0 saturated carbocycles. The quantitative estimate of drug-likeness (QED) is 0.448. The minimum atomic E-state index is 0. The van der Waals surface area contributed by atoms with Gasteiger partial charge in [0.1, 0.15) is 0 Å². The van der Waals surface area contributed by atoms with Crippen LogP contribution in [0.3, 0.4) is 0 Å². The predicted octanol–water partition coefficient (Wildman–Crippen LogP) is 1.13. The number of hydrogen-bond acceptors (Lipinski definition) is 1. The molecule has 1 aromatic rings. The molecule has 0 radical (unpaired) electrons. The third kappa shape index (κ3) is 2.88. The first kappa shape index (κ1) is 10.2. The summed E-state index contributed by atoms with van der Waals surface area (Å²) in [4.78, 5) is 0.778. The second-order valence-corrected chi connectivity index (χ2v) is 2.53. The van der Waals surface area contributed by atoms with Crippen LogP contribution >= 0.6 is 0 Å². The van der Waals surface area contributed by atoms with Gasteiger partial charge in [-0.25, -0.2) is 0 Å². The van der Waals surface area contributed by atoms with Gasteiger partial charge >= 0.3 is 41.2 Å². The Kier molecular flexibility index (Phi) is 5.09. The molecule has 0 aliphatic rings. The van der Waals surface area contributed by atoms with Crippen molar-refractivity contribution in [2.75, 3.05) is 0 Å². The van der Waals surface area contributed by atoms with Crippen molar-refractivity contribution in [3.8, 4) is 0 Å². The molecule has 0 amide bonds. The van der Waals surface area contributed by atoms with E-state index in [-0.39, 0.29) is 29.6 Å². The Morgan fingerprint density at radius 1 is 1.20 bits per heavy atom. The van der Waals surface area contributed by atoms with Crippen molar-refractivity contribution >= 4 is 41.2 Å². The van der Waals surface area contributed by atoms with E-state index in [1.165, 1.54) is 5.56 Å². The van der Waals surface area contributed by atoms with Crippen molar-refractivity contribution in [2.45, 2.75) is 11.8 Å². The Labute approximate surface area is 86.6 Å². The van der Waals surface area contributed by atoms with Crippen LogP contribution in [-0.4, -0.2) is 29.6 Å². The van der Waals surface area contributed by atoms with E-state index in [9.17, 15) is 4.21 Å². The van der Waals surface area contributed by atoms with E-state index in [4.69, 9.17) is 0 Å². The van der Waals surface area contributed by atoms with Crippen molar-refractivity contribution in [2.24, 2.45) is 0 Å². The monoisotopic (exact) mass is 163 g/mol. The fourth-order valence-corrected chi connectivity index (χ4v) is 0.841. The summed E-state index contributed by atoms with van der Waals surface area (Å²) in [5.41, 5.74) is 1.19. The van der Waals surface area contributed by atoms with Gasteiger partial charge in [-0.3, -0.25) is 0 Å². The first-order valence-corrected chi connectivity index (χ1v) is 3.43. The Morgan fingerprint density at radius 2 is 1.70 bits per heavy atom. The molecule has 0 aromatic heterocycles. The van der Waals surface area contributed by atoms with Gasteiger partial charge in [0.15, 0.2) is 0 Å². The SMILES string of the molecule is Cc1ccc([S+]=O)cc1.[NaH]. The summed E-state index contributed by atoms with van der Waals surface area (Å²) < 4.78 is 10.2. The standard InChI is InChI=1S/C7H7OS.Na.H/c1-6-2-4-7(9-8)5-3-6;;/h2-5H,1H3;;/q+1;;. The van der Waals surface area contributed by atoms with Gasteiger partial charge in [0.2, 0.25) is 0 Å². The van der Waals surface area contributed by atoms with Crippen LogP contribution in [0.15, 0.2) is 29.2 Å². The summed E-state index contributed by atoms with van der Waals surface area (Å²) >= 11 is 0.527. The molecule has 0 aliphatic carbocycles. The van der Waals surface area contributed by atoms with Crippen LogP contribution < -0.4 is 0 Å². The molecule has 48 valence electrons. The van der Waals surface area contributed by atoms with Gasteiger partial charge in [-0.2, -0.15) is 0 Å². The van der Waals surface area contributed by atoms with Gasteiger partial charge in [0.25, 0.3) is 4.90 Å². The Bertz CT molecular complexity index is 207. The molecule has 0 fully saturated rings. The molecular formula is C7H8NaOS+. The van der Waals surface area contributed by atoms with E-state index in [1.807, 2.05) is 31.2 Å². The first-order chi connectivity index (χ1) is 4.33. The van der Waals surface area contributed by atoms with Crippen LogP contribution in [0.1, 0.15) is 5.56 Å². The zero-order valence-electron chi connectivity index (χ0n) is 5.13. The topological polar surface area (TPSA) is 17.1 Å². The summed E-state index contributed by atoms with van der Waals surface area (Å²) in [6, 6.07) is 7.51. The molecule has 0 saturated heterocycles. The van der Waals surface area contributed by atoms with E-state index in [0.29, 0.717) is 11.7 Å². The second kappa shape index (κ2) is 4.97. The molecule has 1 nitrogen and oxygen atoms in total. The molecule has 0 heterocycles. The molecule has 3 heteroatoms. The van der Waals surface area contributed by atoms with E-state index in [0.717, 1.165) is 4.90 Å². The van der Waals surface area contributed by atoms with Gasteiger partial charge < -0.3 is 0 Å². The van der Waals surface area contributed by atoms with Crippen molar-refractivity contribution in [3.63, 3.8) is 0 Å². The maximum absolute atomic E-state index is 10.2. The zero-order valence-corrected chi connectivity index (χ0v) is 5.94. The molecular weight excluding hydrogens is 155 g/mol. The molecule has 0 spiro atoms. The third-order valence-corrected chi connectivity index (χ3v) is 1.58. The summed E-state index contributed by atoms with van der Waals surface area (Å²) in [7, 11) is 0. The number of hydrogen-bond donors (Lipinski definition) is 0. The zero-order chi connectivity index (χ0) is 6.69. The van der Waals surface area contributed by atoms with Gasteiger partial charge in [0.05, 0.1) is 0 Å². The van der Waals surface area contributed by atoms with Gasteiger partial charge in [0, 0.05) is 16.3 Å². The summed E-state index contributed by atoms with van der Waals surface area (Å²) in [5.74, 6) is 0. The average molecular weight is 163 g/mol. The number of rotatable bonds is 1. The summed E-state index contributed by atoms with van der Waals surface area (Å²) in [6.45, 7) is 2.00. The normalized spacial score (nSPS) is 8.10. The van der Waals surface area contributed by atoms with Gasteiger partial charge in [-0.15, -0.1) is 0 Å². The molecule has 1 rings (SSSR count). The molecule has 0 unspecified atom stereocenters. The second-order valence-electron chi connectivity index (χ2n) is 1.90. The Hall–Kier alpha value is 0.240. The molecule has 0 bridgehead atoms. The van der Waals surface area contributed by atoms with Crippen LogP contribution in [0.4, 0.5) is 0 Å². The third-order valence-electron chi connectivity index (χ3n) is 1.12. The van der Waals surface area contributed by atoms with Crippen molar-refractivity contribution in [3.05, 3.63) is 29.8 Å². The molecule has 0 aliphatic heterocycles. The van der Waals surface area contributed by atoms with Crippen LogP contribution in [0.5, 0.6) is 0 Å². The fraction of sp³-hybridized carbons (Fsp3) is 0.143. The molecule has 10 heavy (non-hydrogen) atoms. The van der Waals surface area contributed by atoms with Crippen LogP contribution in [0.2, 0.25) is 0 Å². The van der Waals surface area contributed by atoms with E-state index >= 15 is 0 Å². The number of benzene rings is 1. The van der Waals surface area contributed by atoms with Crippen LogP contribution in [0, 0.1) is 6.92 Å². The van der Waals surface area contributed by atoms with E-state index in [2.05, 4.69) is 0 Å². The molecule has 1 aromatic carbocycles. The summed E-state index contributed by atoms with van der Waals surface area (Å²) in [6.07, 6.45) is 0.